The summed E-state index contributed by atoms with van der Waals surface area (Å²) in [4.78, 5) is 8.29. The molecule has 5 rings (SSSR count). The van der Waals surface area contributed by atoms with Gasteiger partial charge in [-0.05, 0) is 24.6 Å². The molecule has 1 N–H and O–H groups in total. The molecular formula is C23H18F3N3O4S. The van der Waals surface area contributed by atoms with E-state index in [0.717, 1.165) is 6.26 Å². The van der Waals surface area contributed by atoms with E-state index in [1.165, 1.54) is 36.7 Å². The fourth-order valence-electron chi connectivity index (χ4n) is 4.36. The highest BCUT2D eigenvalue weighted by Gasteiger charge is 2.37. The van der Waals surface area contributed by atoms with Gasteiger partial charge in [0.2, 0.25) is 0 Å². The van der Waals surface area contributed by atoms with Crippen LogP contribution in [0.3, 0.4) is 0 Å². The number of hydrogen-bond donors (Lipinski definition) is 1. The van der Waals surface area contributed by atoms with E-state index in [1.807, 2.05) is 0 Å². The molecule has 0 saturated heterocycles. The lowest BCUT2D eigenvalue weighted by Crippen LogP contribution is -2.08. The molecule has 0 amide bonds. The minimum Gasteiger partial charge on any atom is -0.435 e. The fraction of sp³-hybridized carbons (Fsp3) is 0.217. The van der Waals surface area contributed by atoms with Crippen molar-refractivity contribution in [1.29, 1.82) is 0 Å². The van der Waals surface area contributed by atoms with E-state index < -0.39 is 34.3 Å². The smallest absolute Gasteiger partial charge is 0.387 e. The average molecular weight is 489 g/mol. The Kier molecular flexibility index (Phi) is 5.33. The highest BCUT2D eigenvalue weighted by atomic mass is 32.2. The van der Waals surface area contributed by atoms with Gasteiger partial charge in [-0.1, -0.05) is 18.2 Å². The van der Waals surface area contributed by atoms with Crippen LogP contribution in [0.15, 0.2) is 59.9 Å². The maximum Gasteiger partial charge on any atom is 0.387 e. The summed E-state index contributed by atoms with van der Waals surface area (Å²) >= 11 is 0. The number of hydrogen-bond acceptors (Lipinski definition) is 6. The molecule has 0 saturated carbocycles. The van der Waals surface area contributed by atoms with E-state index in [0.29, 0.717) is 22.5 Å². The quantitative estimate of drug-likeness (QED) is 0.454. The van der Waals surface area contributed by atoms with Crippen LogP contribution >= 0.6 is 0 Å². The summed E-state index contributed by atoms with van der Waals surface area (Å²) < 4.78 is 70.6. The number of aliphatic hydroxyl groups excluding tert-OH is 1. The summed E-state index contributed by atoms with van der Waals surface area (Å²) in [6.45, 7) is -3.02. The SMILES string of the molecule is CS(=O)(=O)c1ccc(-c2cn3c4c(nc3cc2F)C(O)CC4c2ccccc2OC(F)F)cn1. The van der Waals surface area contributed by atoms with Crippen LogP contribution in [0, 0.1) is 5.82 Å². The Morgan fingerprint density at radius 3 is 2.65 bits per heavy atom. The molecule has 176 valence electrons. The van der Waals surface area contributed by atoms with Gasteiger partial charge < -0.3 is 14.2 Å². The number of aromatic nitrogens is 3. The third-order valence-corrected chi connectivity index (χ3v) is 6.82. The van der Waals surface area contributed by atoms with Crippen LogP contribution in [0.1, 0.15) is 35.4 Å². The monoisotopic (exact) mass is 489 g/mol. The van der Waals surface area contributed by atoms with Crippen LogP contribution in [0.4, 0.5) is 13.2 Å². The Morgan fingerprint density at radius 2 is 1.97 bits per heavy atom. The molecule has 2 atom stereocenters. The number of halogens is 3. The number of ether oxygens (including phenoxy) is 1. The Bertz CT molecular complexity index is 1500. The topological polar surface area (TPSA) is 93.8 Å². The minimum absolute atomic E-state index is 0.0135. The second-order valence-electron chi connectivity index (χ2n) is 8.02. The highest BCUT2D eigenvalue weighted by molar-refractivity contribution is 7.90. The second-order valence-corrected chi connectivity index (χ2v) is 9.99. The lowest BCUT2D eigenvalue weighted by molar-refractivity contribution is -0.0506. The van der Waals surface area contributed by atoms with Gasteiger partial charge in [-0.15, -0.1) is 0 Å². The van der Waals surface area contributed by atoms with Crippen LogP contribution in [-0.2, 0) is 9.84 Å². The van der Waals surface area contributed by atoms with Gasteiger partial charge in [0, 0.05) is 47.3 Å². The zero-order valence-electron chi connectivity index (χ0n) is 17.7. The van der Waals surface area contributed by atoms with E-state index in [-0.39, 0.29) is 28.4 Å². The molecule has 1 aliphatic carbocycles. The van der Waals surface area contributed by atoms with Crippen molar-refractivity contribution in [2.45, 2.75) is 30.1 Å². The molecule has 7 nitrogen and oxygen atoms in total. The van der Waals surface area contributed by atoms with Crippen LogP contribution < -0.4 is 4.74 Å². The summed E-state index contributed by atoms with van der Waals surface area (Å²) in [7, 11) is -3.52. The lowest BCUT2D eigenvalue weighted by atomic mass is 9.95. The Morgan fingerprint density at radius 1 is 1.21 bits per heavy atom. The van der Waals surface area contributed by atoms with Crippen molar-refractivity contribution in [1.82, 2.24) is 14.4 Å². The maximum absolute atomic E-state index is 15.0. The van der Waals surface area contributed by atoms with Crippen molar-refractivity contribution in [3.05, 3.63) is 77.6 Å². The van der Waals surface area contributed by atoms with Crippen molar-refractivity contribution in [3.63, 3.8) is 0 Å². The summed E-state index contributed by atoms with van der Waals surface area (Å²) in [5.41, 5.74) is 2.03. The molecule has 0 spiro atoms. The molecule has 1 aliphatic rings. The van der Waals surface area contributed by atoms with Crippen molar-refractivity contribution < 1.29 is 31.4 Å². The van der Waals surface area contributed by atoms with Gasteiger partial charge in [0.25, 0.3) is 0 Å². The first-order chi connectivity index (χ1) is 16.1. The predicted molar refractivity (Wildman–Crippen MR) is 116 cm³/mol. The molecule has 1 aromatic carbocycles. The number of rotatable bonds is 5. The Labute approximate surface area is 192 Å². The number of fused-ring (bicyclic) bond motifs is 3. The van der Waals surface area contributed by atoms with Crippen molar-refractivity contribution in [3.8, 4) is 16.9 Å². The molecule has 4 aromatic rings. The largest absolute Gasteiger partial charge is 0.435 e. The Hall–Kier alpha value is -3.44. The Balaban J connectivity index is 1.65. The number of benzene rings is 1. The maximum atomic E-state index is 15.0. The standard InChI is InChI=1S/C23H18F3N3O4S/c1-34(31,32)20-7-6-12(10-27-20)15-11-29-19(9-16(15)24)28-21-17(30)8-14(22(21)29)13-4-2-3-5-18(13)33-23(25)26/h2-7,9-11,14,17,23,30H,8H2,1H3. The van der Waals surface area contributed by atoms with Crippen LogP contribution in [0.2, 0.25) is 0 Å². The number of nitrogens with zero attached hydrogens (tertiary/aromatic N) is 3. The third-order valence-electron chi connectivity index (χ3n) is 5.82. The molecule has 3 aromatic heterocycles. The number of aliphatic hydroxyl groups is 1. The number of imidazole rings is 1. The van der Waals surface area contributed by atoms with Gasteiger partial charge in [-0.3, -0.25) is 0 Å². The fourth-order valence-corrected chi connectivity index (χ4v) is 4.92. The molecule has 11 heteroatoms. The summed E-state index contributed by atoms with van der Waals surface area (Å²) in [5.74, 6) is -1.16. The molecule has 2 unspecified atom stereocenters. The van der Waals surface area contributed by atoms with E-state index in [1.54, 1.807) is 22.6 Å². The van der Waals surface area contributed by atoms with Gasteiger partial charge >= 0.3 is 6.61 Å². The number of pyridine rings is 2. The summed E-state index contributed by atoms with van der Waals surface area (Å²) in [6.07, 6.45) is 2.99. The molecule has 3 heterocycles. The number of sulfone groups is 1. The van der Waals surface area contributed by atoms with Crippen LogP contribution in [0.5, 0.6) is 5.75 Å². The number of para-hydroxylation sites is 1. The van der Waals surface area contributed by atoms with Crippen molar-refractivity contribution >= 4 is 15.5 Å². The van der Waals surface area contributed by atoms with Gasteiger partial charge in [-0.25, -0.2) is 22.8 Å². The van der Waals surface area contributed by atoms with Gasteiger partial charge in [0.05, 0.1) is 17.5 Å². The summed E-state index contributed by atoms with van der Waals surface area (Å²) in [6, 6.07) is 10.3. The average Bonchev–Trinajstić information content (AvgIpc) is 3.29. The van der Waals surface area contributed by atoms with E-state index in [4.69, 9.17) is 0 Å². The zero-order chi connectivity index (χ0) is 24.2. The van der Waals surface area contributed by atoms with Gasteiger partial charge in [-0.2, -0.15) is 8.78 Å². The predicted octanol–water partition coefficient (Wildman–Crippen LogP) is 4.11. The lowest BCUT2D eigenvalue weighted by Gasteiger charge is -2.17. The van der Waals surface area contributed by atoms with Gasteiger partial charge in [0.15, 0.2) is 14.9 Å². The van der Waals surface area contributed by atoms with Gasteiger partial charge in [0.1, 0.15) is 17.2 Å². The molecule has 0 bridgehead atoms. The molecular weight excluding hydrogens is 471 g/mol. The first kappa shape index (κ1) is 22.4. The van der Waals surface area contributed by atoms with E-state index in [2.05, 4.69) is 14.7 Å². The minimum atomic E-state index is -3.52. The molecule has 0 fully saturated rings. The van der Waals surface area contributed by atoms with E-state index >= 15 is 0 Å². The second kappa shape index (κ2) is 8.10. The van der Waals surface area contributed by atoms with Crippen molar-refractivity contribution in [2.75, 3.05) is 6.26 Å². The first-order valence-electron chi connectivity index (χ1n) is 10.2. The van der Waals surface area contributed by atoms with Crippen LogP contribution in [-0.4, -0.2) is 40.8 Å². The third kappa shape index (κ3) is 3.80. The molecule has 34 heavy (non-hydrogen) atoms. The molecule has 0 aliphatic heterocycles. The normalized spacial score (nSPS) is 17.9. The highest BCUT2D eigenvalue weighted by Crippen LogP contribution is 2.47. The molecule has 0 radical (unpaired) electrons. The van der Waals surface area contributed by atoms with Crippen LogP contribution in [0.25, 0.3) is 16.8 Å². The van der Waals surface area contributed by atoms with Crippen molar-refractivity contribution in [2.24, 2.45) is 0 Å². The number of alkyl halides is 2. The van der Waals surface area contributed by atoms with E-state index in [9.17, 15) is 26.7 Å². The zero-order valence-corrected chi connectivity index (χ0v) is 18.5. The summed E-state index contributed by atoms with van der Waals surface area (Å²) in [5, 5.41) is 10.5. The first-order valence-corrected chi connectivity index (χ1v) is 12.1.